The third-order valence-electron chi connectivity index (χ3n) is 3.77. The zero-order chi connectivity index (χ0) is 20.2. The summed E-state index contributed by atoms with van der Waals surface area (Å²) in [6, 6.07) is 13.1. The first-order chi connectivity index (χ1) is 12.5. The Balaban J connectivity index is 2.43. The molecule has 0 aliphatic rings. The Morgan fingerprint density at radius 3 is 2.07 bits per heavy atom. The number of benzene rings is 2. The van der Waals surface area contributed by atoms with Gasteiger partial charge in [0.25, 0.3) is 10.0 Å². The Morgan fingerprint density at radius 2 is 1.59 bits per heavy atom. The molecule has 27 heavy (non-hydrogen) atoms. The molecular formula is C20H26N2O4S. The van der Waals surface area contributed by atoms with E-state index in [1.807, 2.05) is 39.8 Å². The van der Waals surface area contributed by atoms with Gasteiger partial charge in [0.2, 0.25) is 5.91 Å². The number of rotatable bonds is 6. The molecule has 0 bridgehead atoms. The Hall–Kier alpha value is -2.54. The van der Waals surface area contributed by atoms with Crippen LogP contribution in [0.5, 0.6) is 5.75 Å². The average Bonchev–Trinajstić information content (AvgIpc) is 2.59. The van der Waals surface area contributed by atoms with E-state index in [0.717, 1.165) is 9.87 Å². The summed E-state index contributed by atoms with van der Waals surface area (Å²) >= 11 is 0. The summed E-state index contributed by atoms with van der Waals surface area (Å²) in [6.45, 7) is 7.14. The van der Waals surface area contributed by atoms with Gasteiger partial charge < -0.3 is 10.1 Å². The van der Waals surface area contributed by atoms with Gasteiger partial charge in [0.15, 0.2) is 0 Å². The first-order valence-electron chi connectivity index (χ1n) is 8.57. The van der Waals surface area contributed by atoms with Crippen LogP contribution < -0.4 is 14.4 Å². The van der Waals surface area contributed by atoms with Crippen molar-refractivity contribution in [3.05, 3.63) is 54.1 Å². The second kappa shape index (κ2) is 8.00. The van der Waals surface area contributed by atoms with Gasteiger partial charge >= 0.3 is 0 Å². The highest BCUT2D eigenvalue weighted by Gasteiger charge is 2.28. The first kappa shape index (κ1) is 20.8. The number of carbonyl (C=O) groups excluding carboxylic acids is 1. The lowest BCUT2D eigenvalue weighted by atomic mass is 10.1. The van der Waals surface area contributed by atoms with Crippen molar-refractivity contribution in [2.75, 3.05) is 18.0 Å². The fourth-order valence-corrected chi connectivity index (χ4v) is 3.91. The van der Waals surface area contributed by atoms with Crippen molar-refractivity contribution < 1.29 is 17.9 Å². The van der Waals surface area contributed by atoms with E-state index in [4.69, 9.17) is 4.74 Å². The Bertz CT molecular complexity index is 883. The van der Waals surface area contributed by atoms with Crippen molar-refractivity contribution in [3.8, 4) is 5.75 Å². The molecule has 0 aliphatic heterocycles. The predicted octanol–water partition coefficient (Wildman–Crippen LogP) is 3.11. The van der Waals surface area contributed by atoms with Crippen LogP contribution in [0, 0.1) is 6.92 Å². The number of amides is 1. The SMILES string of the molecule is COc1ccc(S(=O)(=O)N(CC(=O)NC(C)(C)C)c2ccc(C)cc2)cc1. The van der Waals surface area contributed by atoms with E-state index >= 15 is 0 Å². The lowest BCUT2D eigenvalue weighted by Crippen LogP contribution is -2.47. The van der Waals surface area contributed by atoms with Gasteiger partial charge in [0.1, 0.15) is 12.3 Å². The first-order valence-corrected chi connectivity index (χ1v) is 10.0. The summed E-state index contributed by atoms with van der Waals surface area (Å²) in [5.41, 5.74) is 0.972. The van der Waals surface area contributed by atoms with Crippen molar-refractivity contribution in [2.45, 2.75) is 38.1 Å². The minimum Gasteiger partial charge on any atom is -0.497 e. The summed E-state index contributed by atoms with van der Waals surface area (Å²) in [5, 5.41) is 2.81. The van der Waals surface area contributed by atoms with Crippen LogP contribution in [0.15, 0.2) is 53.4 Å². The summed E-state index contributed by atoms with van der Waals surface area (Å²) < 4.78 is 32.7. The molecule has 7 heteroatoms. The molecule has 0 fully saturated rings. The molecule has 0 atom stereocenters. The van der Waals surface area contributed by atoms with Crippen LogP contribution in [0.3, 0.4) is 0 Å². The molecule has 0 aromatic heterocycles. The molecule has 0 saturated heterocycles. The van der Waals surface area contributed by atoms with Crippen LogP contribution in [0.1, 0.15) is 26.3 Å². The highest BCUT2D eigenvalue weighted by molar-refractivity contribution is 7.92. The summed E-state index contributed by atoms with van der Waals surface area (Å²) in [4.78, 5) is 12.5. The smallest absolute Gasteiger partial charge is 0.264 e. The second-order valence-corrected chi connectivity index (χ2v) is 9.18. The van der Waals surface area contributed by atoms with E-state index < -0.39 is 15.6 Å². The van der Waals surface area contributed by atoms with Crippen molar-refractivity contribution in [1.29, 1.82) is 0 Å². The lowest BCUT2D eigenvalue weighted by Gasteiger charge is -2.27. The zero-order valence-electron chi connectivity index (χ0n) is 16.3. The van der Waals surface area contributed by atoms with E-state index in [1.54, 1.807) is 24.3 Å². The van der Waals surface area contributed by atoms with Crippen LogP contribution >= 0.6 is 0 Å². The van der Waals surface area contributed by atoms with E-state index in [0.29, 0.717) is 11.4 Å². The van der Waals surface area contributed by atoms with Gasteiger partial charge in [-0.2, -0.15) is 0 Å². The number of nitrogens with zero attached hydrogens (tertiary/aromatic N) is 1. The standard InChI is InChI=1S/C20H26N2O4S/c1-15-6-8-16(9-7-15)22(14-19(23)21-20(2,3)4)27(24,25)18-12-10-17(26-5)11-13-18/h6-13H,14H2,1-5H3,(H,21,23). The van der Waals surface area contributed by atoms with E-state index in [-0.39, 0.29) is 17.3 Å². The normalized spacial score (nSPS) is 11.7. The minimum absolute atomic E-state index is 0.0902. The van der Waals surface area contributed by atoms with Gasteiger partial charge in [-0.25, -0.2) is 8.42 Å². The maximum atomic E-state index is 13.2. The lowest BCUT2D eigenvalue weighted by molar-refractivity contribution is -0.121. The number of anilines is 1. The van der Waals surface area contributed by atoms with Gasteiger partial charge in [-0.15, -0.1) is 0 Å². The number of nitrogens with one attached hydrogen (secondary N) is 1. The van der Waals surface area contributed by atoms with E-state index in [1.165, 1.54) is 19.2 Å². The fourth-order valence-electron chi connectivity index (χ4n) is 2.49. The molecule has 2 aromatic carbocycles. The van der Waals surface area contributed by atoms with Crippen molar-refractivity contribution in [1.82, 2.24) is 5.32 Å². The third kappa shape index (κ3) is 5.47. The molecule has 0 saturated carbocycles. The van der Waals surface area contributed by atoms with Crippen LogP contribution in [-0.2, 0) is 14.8 Å². The fraction of sp³-hybridized carbons (Fsp3) is 0.350. The third-order valence-corrected chi connectivity index (χ3v) is 5.56. The van der Waals surface area contributed by atoms with Crippen molar-refractivity contribution in [2.24, 2.45) is 0 Å². The van der Waals surface area contributed by atoms with Gasteiger partial charge in [0, 0.05) is 5.54 Å². The summed E-state index contributed by atoms with van der Waals surface area (Å²) in [5.74, 6) is 0.182. The number of hydrogen-bond donors (Lipinski definition) is 1. The molecule has 2 aromatic rings. The molecule has 0 radical (unpaired) electrons. The van der Waals surface area contributed by atoms with Gasteiger partial charge in [-0.05, 0) is 64.1 Å². The predicted molar refractivity (Wildman–Crippen MR) is 107 cm³/mol. The van der Waals surface area contributed by atoms with Crippen LogP contribution in [0.2, 0.25) is 0 Å². The number of sulfonamides is 1. The van der Waals surface area contributed by atoms with Crippen LogP contribution in [0.4, 0.5) is 5.69 Å². The van der Waals surface area contributed by atoms with E-state index in [9.17, 15) is 13.2 Å². The van der Waals surface area contributed by atoms with Crippen molar-refractivity contribution >= 4 is 21.6 Å². The molecule has 146 valence electrons. The number of aryl methyl sites for hydroxylation is 1. The number of methoxy groups -OCH3 is 1. The molecule has 0 heterocycles. The summed E-state index contributed by atoms with van der Waals surface area (Å²) in [6.07, 6.45) is 0. The quantitative estimate of drug-likeness (QED) is 0.822. The van der Waals surface area contributed by atoms with Crippen LogP contribution in [-0.4, -0.2) is 33.5 Å². The summed E-state index contributed by atoms with van der Waals surface area (Å²) in [7, 11) is -2.41. The molecule has 0 spiro atoms. The number of hydrogen-bond acceptors (Lipinski definition) is 4. The Kier molecular flexibility index (Phi) is 6.15. The maximum absolute atomic E-state index is 13.2. The topological polar surface area (TPSA) is 75.7 Å². The van der Waals surface area contributed by atoms with E-state index in [2.05, 4.69) is 5.32 Å². The Morgan fingerprint density at radius 1 is 1.04 bits per heavy atom. The molecule has 0 unspecified atom stereocenters. The molecule has 1 amide bonds. The minimum atomic E-state index is -3.93. The highest BCUT2D eigenvalue weighted by atomic mass is 32.2. The number of ether oxygens (including phenoxy) is 1. The Labute approximate surface area is 161 Å². The average molecular weight is 391 g/mol. The number of carbonyl (C=O) groups is 1. The van der Waals surface area contributed by atoms with Gasteiger partial charge in [-0.1, -0.05) is 17.7 Å². The second-order valence-electron chi connectivity index (χ2n) is 7.32. The van der Waals surface area contributed by atoms with Gasteiger partial charge in [-0.3, -0.25) is 9.10 Å². The van der Waals surface area contributed by atoms with Gasteiger partial charge in [0.05, 0.1) is 17.7 Å². The largest absolute Gasteiger partial charge is 0.497 e. The molecule has 1 N–H and O–H groups in total. The molecule has 2 rings (SSSR count). The van der Waals surface area contributed by atoms with Crippen molar-refractivity contribution in [3.63, 3.8) is 0 Å². The van der Waals surface area contributed by atoms with Crippen LogP contribution in [0.25, 0.3) is 0 Å². The molecule has 6 nitrogen and oxygen atoms in total. The molecular weight excluding hydrogens is 364 g/mol. The molecule has 0 aliphatic carbocycles. The highest BCUT2D eigenvalue weighted by Crippen LogP contribution is 2.25. The monoisotopic (exact) mass is 390 g/mol. The maximum Gasteiger partial charge on any atom is 0.264 e. The zero-order valence-corrected chi connectivity index (χ0v) is 17.1.